The van der Waals surface area contributed by atoms with Crippen molar-refractivity contribution in [1.82, 2.24) is 35.0 Å². The van der Waals surface area contributed by atoms with Crippen LogP contribution in [0, 0.1) is 12.3 Å². The molecule has 0 aliphatic carbocycles. The van der Waals surface area contributed by atoms with E-state index in [2.05, 4.69) is 37.7 Å². The summed E-state index contributed by atoms with van der Waals surface area (Å²) in [6.07, 6.45) is 6.17. The van der Waals surface area contributed by atoms with Crippen LogP contribution in [0.25, 0.3) is 0 Å². The number of tetrazole rings is 1. The molecule has 0 N–H and O–H groups in total. The maximum absolute atomic E-state index is 12.7. The molecule has 4 heterocycles. The molecule has 2 saturated heterocycles. The van der Waals surface area contributed by atoms with Gasteiger partial charge in [-0.15, -0.1) is 16.4 Å². The summed E-state index contributed by atoms with van der Waals surface area (Å²) in [5, 5.41) is 14.3. The molecule has 0 saturated carbocycles. The van der Waals surface area contributed by atoms with Gasteiger partial charge in [-0.25, -0.2) is 9.67 Å². The van der Waals surface area contributed by atoms with E-state index < -0.39 is 0 Å². The summed E-state index contributed by atoms with van der Waals surface area (Å²) >= 11 is 1.72. The third-order valence-electron chi connectivity index (χ3n) is 5.50. The molecule has 140 valence electrons. The fraction of sp³-hybridized carbons (Fsp3) is 0.706. The van der Waals surface area contributed by atoms with Crippen LogP contribution >= 0.6 is 11.3 Å². The fourth-order valence-electron chi connectivity index (χ4n) is 4.40. The molecular formula is C17H25N7OS. The van der Waals surface area contributed by atoms with Crippen LogP contribution in [0.1, 0.15) is 36.4 Å². The van der Waals surface area contributed by atoms with Gasteiger partial charge in [0.2, 0.25) is 5.91 Å². The molecule has 0 aromatic carbocycles. The van der Waals surface area contributed by atoms with Gasteiger partial charge in [-0.2, -0.15) is 0 Å². The summed E-state index contributed by atoms with van der Waals surface area (Å²) in [7, 11) is 0. The first-order chi connectivity index (χ1) is 12.6. The Morgan fingerprint density at radius 2 is 2.12 bits per heavy atom. The zero-order valence-corrected chi connectivity index (χ0v) is 16.0. The van der Waals surface area contributed by atoms with Gasteiger partial charge in [0.15, 0.2) is 0 Å². The fourth-order valence-corrected chi connectivity index (χ4v) is 5.00. The van der Waals surface area contributed by atoms with Gasteiger partial charge >= 0.3 is 0 Å². The van der Waals surface area contributed by atoms with Gasteiger partial charge < -0.3 is 4.90 Å². The predicted octanol–water partition coefficient (Wildman–Crippen LogP) is 1.34. The van der Waals surface area contributed by atoms with Gasteiger partial charge in [0.1, 0.15) is 12.9 Å². The van der Waals surface area contributed by atoms with Crippen LogP contribution < -0.4 is 0 Å². The topological polar surface area (TPSA) is 80.0 Å². The highest BCUT2D eigenvalue weighted by Gasteiger charge is 2.40. The highest BCUT2D eigenvalue weighted by atomic mass is 32.1. The van der Waals surface area contributed by atoms with Crippen LogP contribution in [0.2, 0.25) is 0 Å². The standard InChI is InChI=1S/C17H25N7OS/c1-14-19-15(10-26-14)8-22-6-2-4-17(11-22)5-3-7-23(12-17)16(25)9-24-13-18-20-21-24/h10,13H,2-9,11-12H2,1H3. The van der Waals surface area contributed by atoms with Crippen molar-refractivity contribution in [3.63, 3.8) is 0 Å². The molecule has 4 rings (SSSR count). The number of hydrogen-bond acceptors (Lipinski definition) is 7. The average molecular weight is 376 g/mol. The molecule has 2 fully saturated rings. The van der Waals surface area contributed by atoms with E-state index in [1.54, 1.807) is 11.3 Å². The van der Waals surface area contributed by atoms with Gasteiger partial charge in [0.25, 0.3) is 0 Å². The molecule has 2 aromatic rings. The summed E-state index contributed by atoms with van der Waals surface area (Å²) < 4.78 is 1.50. The summed E-state index contributed by atoms with van der Waals surface area (Å²) in [5.74, 6) is 0.114. The van der Waals surface area contributed by atoms with Gasteiger partial charge in [-0.05, 0) is 49.6 Å². The second-order valence-corrected chi connectivity index (χ2v) is 8.66. The number of carbonyl (C=O) groups is 1. The molecule has 0 radical (unpaired) electrons. The van der Waals surface area contributed by atoms with E-state index in [1.165, 1.54) is 36.0 Å². The van der Waals surface area contributed by atoms with Crippen molar-refractivity contribution in [2.24, 2.45) is 5.41 Å². The quantitative estimate of drug-likeness (QED) is 0.802. The molecule has 1 amide bonds. The maximum Gasteiger partial charge on any atom is 0.244 e. The highest BCUT2D eigenvalue weighted by molar-refractivity contribution is 7.09. The lowest BCUT2D eigenvalue weighted by molar-refractivity contribution is -0.136. The zero-order valence-electron chi connectivity index (χ0n) is 15.2. The van der Waals surface area contributed by atoms with Crippen LogP contribution in [0.15, 0.2) is 11.7 Å². The van der Waals surface area contributed by atoms with Crippen molar-refractivity contribution in [3.8, 4) is 0 Å². The number of amides is 1. The monoisotopic (exact) mass is 375 g/mol. The number of likely N-dealkylation sites (tertiary alicyclic amines) is 2. The van der Waals surface area contributed by atoms with Crippen LogP contribution in [0.5, 0.6) is 0 Å². The minimum absolute atomic E-state index is 0.114. The lowest BCUT2D eigenvalue weighted by Gasteiger charge is -2.48. The van der Waals surface area contributed by atoms with Crippen molar-refractivity contribution in [2.75, 3.05) is 26.2 Å². The Morgan fingerprint density at radius 3 is 2.85 bits per heavy atom. The molecule has 1 atom stereocenters. The average Bonchev–Trinajstić information content (AvgIpc) is 3.27. The van der Waals surface area contributed by atoms with Crippen molar-refractivity contribution in [3.05, 3.63) is 22.4 Å². The number of nitrogens with zero attached hydrogens (tertiary/aromatic N) is 7. The molecule has 2 aromatic heterocycles. The molecule has 2 aliphatic rings. The van der Waals surface area contributed by atoms with E-state index in [0.29, 0.717) is 0 Å². The SMILES string of the molecule is Cc1nc(CN2CCCC3(CCCN(C(=O)Cn4cnnn4)C3)C2)cs1. The molecule has 26 heavy (non-hydrogen) atoms. The van der Waals surface area contributed by atoms with Crippen LogP contribution in [-0.4, -0.2) is 67.1 Å². The minimum Gasteiger partial charge on any atom is -0.340 e. The molecule has 1 spiro atoms. The number of carbonyl (C=O) groups excluding carboxylic acids is 1. The smallest absolute Gasteiger partial charge is 0.244 e. The number of thiazole rings is 1. The van der Waals surface area contributed by atoms with E-state index in [1.807, 2.05) is 4.90 Å². The third kappa shape index (κ3) is 3.93. The van der Waals surface area contributed by atoms with E-state index in [4.69, 9.17) is 0 Å². The Balaban J connectivity index is 1.39. The first-order valence-electron chi connectivity index (χ1n) is 9.24. The number of piperidine rings is 2. The lowest BCUT2D eigenvalue weighted by atomic mass is 9.73. The maximum atomic E-state index is 12.7. The van der Waals surface area contributed by atoms with Crippen molar-refractivity contribution in [2.45, 2.75) is 45.7 Å². The first-order valence-corrected chi connectivity index (χ1v) is 10.1. The van der Waals surface area contributed by atoms with E-state index in [9.17, 15) is 4.79 Å². The normalized spacial score (nSPS) is 24.3. The number of rotatable bonds is 4. The highest BCUT2D eigenvalue weighted by Crippen LogP contribution is 2.39. The minimum atomic E-state index is 0.114. The summed E-state index contributed by atoms with van der Waals surface area (Å²) in [4.78, 5) is 21.8. The summed E-state index contributed by atoms with van der Waals surface area (Å²) in [6, 6.07) is 0. The molecule has 2 aliphatic heterocycles. The van der Waals surface area contributed by atoms with Gasteiger partial charge in [0, 0.05) is 37.0 Å². The van der Waals surface area contributed by atoms with Crippen molar-refractivity contribution < 1.29 is 4.79 Å². The Hall–Kier alpha value is -1.87. The van der Waals surface area contributed by atoms with Crippen LogP contribution in [0.3, 0.4) is 0 Å². The second-order valence-electron chi connectivity index (χ2n) is 7.60. The van der Waals surface area contributed by atoms with E-state index in [-0.39, 0.29) is 17.9 Å². The van der Waals surface area contributed by atoms with Crippen LogP contribution in [-0.2, 0) is 17.9 Å². The van der Waals surface area contributed by atoms with E-state index in [0.717, 1.165) is 44.2 Å². The number of hydrogen-bond donors (Lipinski definition) is 0. The Labute approximate surface area is 157 Å². The van der Waals surface area contributed by atoms with Crippen molar-refractivity contribution >= 4 is 17.2 Å². The molecule has 9 heteroatoms. The van der Waals surface area contributed by atoms with Gasteiger partial charge in [0.05, 0.1) is 10.7 Å². The first kappa shape index (κ1) is 17.5. The summed E-state index contributed by atoms with van der Waals surface area (Å²) in [6.45, 7) is 7.07. The predicted molar refractivity (Wildman–Crippen MR) is 97.4 cm³/mol. The largest absolute Gasteiger partial charge is 0.340 e. The number of aryl methyl sites for hydroxylation is 1. The van der Waals surface area contributed by atoms with Crippen LogP contribution in [0.4, 0.5) is 0 Å². The Kier molecular flexibility index (Phi) is 4.99. The zero-order chi connectivity index (χ0) is 18.0. The second kappa shape index (κ2) is 7.40. The molecule has 8 nitrogen and oxygen atoms in total. The molecule has 1 unspecified atom stereocenters. The number of aromatic nitrogens is 5. The van der Waals surface area contributed by atoms with Crippen molar-refractivity contribution in [1.29, 1.82) is 0 Å². The van der Waals surface area contributed by atoms with Gasteiger partial charge in [-0.1, -0.05) is 0 Å². The molecule has 0 bridgehead atoms. The third-order valence-corrected chi connectivity index (χ3v) is 6.32. The Morgan fingerprint density at radius 1 is 1.27 bits per heavy atom. The summed E-state index contributed by atoms with van der Waals surface area (Å²) in [5.41, 5.74) is 1.39. The molecular weight excluding hydrogens is 350 g/mol. The lowest BCUT2D eigenvalue weighted by Crippen LogP contribution is -2.53. The van der Waals surface area contributed by atoms with Gasteiger partial charge in [-0.3, -0.25) is 9.69 Å². The van der Waals surface area contributed by atoms with E-state index >= 15 is 0 Å². The Bertz CT molecular complexity index is 742.